The molecule has 0 aliphatic carbocycles. The van der Waals surface area contributed by atoms with Crippen LogP contribution in [0.4, 0.5) is 14.6 Å². The van der Waals surface area contributed by atoms with E-state index in [0.29, 0.717) is 23.5 Å². The maximum Gasteiger partial charge on any atom is 0.272 e. The zero-order chi connectivity index (χ0) is 26.5. The van der Waals surface area contributed by atoms with Crippen LogP contribution in [0.25, 0.3) is 10.8 Å². The molecule has 0 saturated heterocycles. The van der Waals surface area contributed by atoms with Gasteiger partial charge < -0.3 is 11.1 Å². The van der Waals surface area contributed by atoms with Crippen molar-refractivity contribution in [3.8, 4) is 0 Å². The molecule has 1 atom stereocenters. The van der Waals surface area contributed by atoms with Crippen molar-refractivity contribution in [3.63, 3.8) is 0 Å². The first-order valence-electron chi connectivity index (χ1n) is 11.9. The highest BCUT2D eigenvalue weighted by molar-refractivity contribution is 5.96. The zero-order valence-corrected chi connectivity index (χ0v) is 20.5. The van der Waals surface area contributed by atoms with E-state index in [4.69, 9.17) is 5.73 Å². The molecule has 1 amide bonds. The highest BCUT2D eigenvalue weighted by Crippen LogP contribution is 2.21. The molecule has 190 valence electrons. The summed E-state index contributed by atoms with van der Waals surface area (Å²) in [5.41, 5.74) is 7.94. The summed E-state index contributed by atoms with van der Waals surface area (Å²) in [5, 5.41) is 4.46. The molecule has 0 saturated carbocycles. The number of hydrogen-bond acceptors (Lipinski definition) is 6. The number of aromatic nitrogens is 3. The van der Waals surface area contributed by atoms with Crippen molar-refractivity contribution in [2.45, 2.75) is 45.1 Å². The van der Waals surface area contributed by atoms with Crippen LogP contribution in [0.15, 0.2) is 61.1 Å². The highest BCUT2D eigenvalue weighted by Gasteiger charge is 2.23. The molecule has 4 aromatic rings. The van der Waals surface area contributed by atoms with E-state index in [-0.39, 0.29) is 30.2 Å². The SMILES string of the molecule is CC(C)c1cncc(C(=O)N[C@@H](Cc2ccc(F)c(F)c2)C(=O)CCc2ccc3c(N)nccc3c2)n1. The second kappa shape index (κ2) is 11.2. The number of Topliss-reactive ketones (excluding diaryl/α,β-unsaturated/α-hetero) is 1. The summed E-state index contributed by atoms with van der Waals surface area (Å²) >= 11 is 0. The number of benzene rings is 2. The van der Waals surface area contributed by atoms with Crippen LogP contribution in [-0.2, 0) is 17.6 Å². The molecule has 2 aromatic carbocycles. The van der Waals surface area contributed by atoms with Gasteiger partial charge in [-0.15, -0.1) is 0 Å². The van der Waals surface area contributed by atoms with Crippen LogP contribution in [0.2, 0.25) is 0 Å². The predicted octanol–water partition coefficient (Wildman–Crippen LogP) is 4.55. The Morgan fingerprint density at radius 1 is 1.00 bits per heavy atom. The Labute approximate surface area is 213 Å². The Kier molecular flexibility index (Phi) is 7.81. The van der Waals surface area contributed by atoms with E-state index in [0.717, 1.165) is 28.5 Å². The van der Waals surface area contributed by atoms with Crippen LogP contribution in [0, 0.1) is 11.6 Å². The van der Waals surface area contributed by atoms with E-state index in [1.54, 1.807) is 12.4 Å². The van der Waals surface area contributed by atoms with E-state index in [1.807, 2.05) is 38.1 Å². The molecule has 7 nitrogen and oxygen atoms in total. The lowest BCUT2D eigenvalue weighted by Gasteiger charge is -2.18. The van der Waals surface area contributed by atoms with E-state index in [9.17, 15) is 18.4 Å². The number of nitrogens with zero attached hydrogens (tertiary/aromatic N) is 3. The van der Waals surface area contributed by atoms with Gasteiger partial charge in [-0.3, -0.25) is 14.6 Å². The van der Waals surface area contributed by atoms with Crippen LogP contribution in [0.3, 0.4) is 0 Å². The third kappa shape index (κ3) is 6.30. The molecule has 2 aromatic heterocycles. The molecule has 3 N–H and O–H groups in total. The quantitative estimate of drug-likeness (QED) is 0.347. The molecule has 37 heavy (non-hydrogen) atoms. The van der Waals surface area contributed by atoms with Crippen LogP contribution in [0.5, 0.6) is 0 Å². The van der Waals surface area contributed by atoms with E-state index in [2.05, 4.69) is 20.3 Å². The summed E-state index contributed by atoms with van der Waals surface area (Å²) in [4.78, 5) is 38.8. The Bertz CT molecular complexity index is 1460. The van der Waals surface area contributed by atoms with Gasteiger partial charge in [0.25, 0.3) is 5.91 Å². The second-order valence-corrected chi connectivity index (χ2v) is 9.18. The van der Waals surface area contributed by atoms with Gasteiger partial charge in [0.1, 0.15) is 11.5 Å². The number of rotatable bonds is 9. The van der Waals surface area contributed by atoms with Gasteiger partial charge in [0.2, 0.25) is 0 Å². The van der Waals surface area contributed by atoms with Crippen molar-refractivity contribution in [2.24, 2.45) is 0 Å². The second-order valence-electron chi connectivity index (χ2n) is 9.18. The number of nitrogens with one attached hydrogen (secondary N) is 1. The first-order chi connectivity index (χ1) is 17.7. The number of fused-ring (bicyclic) bond motifs is 1. The summed E-state index contributed by atoms with van der Waals surface area (Å²) in [6, 6.07) is 9.98. The van der Waals surface area contributed by atoms with Crippen molar-refractivity contribution < 1.29 is 18.4 Å². The molecule has 4 rings (SSSR count). The van der Waals surface area contributed by atoms with Crippen LogP contribution < -0.4 is 11.1 Å². The number of halogens is 2. The lowest BCUT2D eigenvalue weighted by atomic mass is 9.96. The number of aryl methyl sites for hydroxylation is 1. The fourth-order valence-corrected chi connectivity index (χ4v) is 4.00. The third-order valence-electron chi connectivity index (χ3n) is 6.11. The number of ketones is 1. The molecule has 0 fully saturated rings. The predicted molar refractivity (Wildman–Crippen MR) is 137 cm³/mol. The molecular formula is C28H27F2N5O2. The van der Waals surface area contributed by atoms with Gasteiger partial charge in [0.05, 0.1) is 17.9 Å². The highest BCUT2D eigenvalue weighted by atomic mass is 19.2. The number of carbonyl (C=O) groups excluding carboxylic acids is 2. The van der Waals surface area contributed by atoms with Crippen LogP contribution in [-0.4, -0.2) is 32.7 Å². The van der Waals surface area contributed by atoms with Gasteiger partial charge in [-0.05, 0) is 53.5 Å². The van der Waals surface area contributed by atoms with Gasteiger partial charge in [0.15, 0.2) is 17.4 Å². The van der Waals surface area contributed by atoms with Crippen molar-refractivity contribution in [3.05, 3.63) is 95.2 Å². The fraction of sp³-hybridized carbons (Fsp3) is 0.250. The standard InChI is InChI=1S/C28H27F2N5O2/c1-16(2)24-14-32-15-25(34-24)28(37)35-23(13-18-4-7-21(29)22(30)12-18)26(36)8-5-17-3-6-20-19(11-17)9-10-33-27(20)31/h3-4,6-7,9-12,14-16,23H,5,8,13H2,1-2H3,(H2,31,33)(H,35,37)/t23-/m0/s1. The van der Waals surface area contributed by atoms with Crippen molar-refractivity contribution in [2.75, 3.05) is 5.73 Å². The molecule has 0 spiro atoms. The van der Waals surface area contributed by atoms with Gasteiger partial charge in [-0.2, -0.15) is 0 Å². The molecule has 0 unspecified atom stereocenters. The topological polar surface area (TPSA) is 111 Å². The monoisotopic (exact) mass is 503 g/mol. The summed E-state index contributed by atoms with van der Waals surface area (Å²) in [6.07, 6.45) is 5.08. The lowest BCUT2D eigenvalue weighted by molar-refractivity contribution is -0.120. The maximum atomic E-state index is 13.8. The number of nitrogens with two attached hydrogens (primary N) is 1. The normalized spacial score (nSPS) is 12.0. The number of hydrogen-bond donors (Lipinski definition) is 2. The molecular weight excluding hydrogens is 476 g/mol. The van der Waals surface area contributed by atoms with Crippen LogP contribution >= 0.6 is 0 Å². The number of carbonyl (C=O) groups is 2. The number of anilines is 1. The Hall–Kier alpha value is -4.27. The minimum atomic E-state index is -1.02. The minimum Gasteiger partial charge on any atom is -0.383 e. The van der Waals surface area contributed by atoms with Crippen molar-refractivity contribution >= 4 is 28.3 Å². The average Bonchev–Trinajstić information content (AvgIpc) is 2.89. The number of nitrogen functional groups attached to an aromatic ring is 1. The molecule has 0 radical (unpaired) electrons. The van der Waals surface area contributed by atoms with E-state index < -0.39 is 23.6 Å². The maximum absolute atomic E-state index is 13.8. The third-order valence-corrected chi connectivity index (χ3v) is 6.11. The first kappa shape index (κ1) is 25.8. The fourth-order valence-electron chi connectivity index (χ4n) is 4.00. The molecule has 0 bridgehead atoms. The average molecular weight is 504 g/mol. The van der Waals surface area contributed by atoms with Gasteiger partial charge >= 0.3 is 0 Å². The minimum absolute atomic E-state index is 0.000996. The van der Waals surface area contributed by atoms with Gasteiger partial charge in [-0.25, -0.2) is 18.7 Å². The van der Waals surface area contributed by atoms with Gasteiger partial charge in [-0.1, -0.05) is 38.1 Å². The van der Waals surface area contributed by atoms with Gasteiger partial charge in [0, 0.05) is 24.2 Å². The molecule has 2 heterocycles. The first-order valence-corrected chi connectivity index (χ1v) is 11.9. The van der Waals surface area contributed by atoms with E-state index in [1.165, 1.54) is 12.3 Å². The van der Waals surface area contributed by atoms with Crippen molar-refractivity contribution in [1.82, 2.24) is 20.3 Å². The summed E-state index contributed by atoms with van der Waals surface area (Å²) in [6.45, 7) is 3.86. The van der Waals surface area contributed by atoms with Crippen LogP contribution in [0.1, 0.15) is 53.5 Å². The summed E-state index contributed by atoms with van der Waals surface area (Å²) in [5.74, 6) is -2.32. The largest absolute Gasteiger partial charge is 0.383 e. The lowest BCUT2D eigenvalue weighted by Crippen LogP contribution is -2.43. The number of pyridine rings is 1. The zero-order valence-electron chi connectivity index (χ0n) is 20.5. The molecule has 0 aliphatic rings. The Morgan fingerprint density at radius 3 is 2.54 bits per heavy atom. The molecule has 9 heteroatoms. The number of amides is 1. The van der Waals surface area contributed by atoms with E-state index >= 15 is 0 Å². The summed E-state index contributed by atoms with van der Waals surface area (Å²) in [7, 11) is 0. The molecule has 0 aliphatic heterocycles. The Balaban J connectivity index is 1.53. The van der Waals surface area contributed by atoms with Crippen molar-refractivity contribution in [1.29, 1.82) is 0 Å². The Morgan fingerprint density at radius 2 is 1.78 bits per heavy atom. The smallest absolute Gasteiger partial charge is 0.272 e. The summed E-state index contributed by atoms with van der Waals surface area (Å²) < 4.78 is 27.3.